The van der Waals surface area contributed by atoms with Crippen LogP contribution in [0.15, 0.2) is 42.5 Å². The smallest absolute Gasteiger partial charge is 0.237 e. The van der Waals surface area contributed by atoms with Gasteiger partial charge in [0.2, 0.25) is 5.91 Å². The molecule has 0 unspecified atom stereocenters. The van der Waals surface area contributed by atoms with E-state index >= 15 is 0 Å². The molecule has 5 nitrogen and oxygen atoms in total. The molecule has 0 aromatic heterocycles. The molecule has 0 aliphatic carbocycles. The number of benzene rings is 2. The average molecular weight is 344 g/mol. The van der Waals surface area contributed by atoms with Gasteiger partial charge in [0.15, 0.2) is 11.5 Å². The quantitative estimate of drug-likeness (QED) is 0.729. The van der Waals surface area contributed by atoms with Crippen LogP contribution in [0.25, 0.3) is 0 Å². The Kier molecular flexibility index (Phi) is 5.19. The topological polar surface area (TPSA) is 72.8 Å². The lowest BCUT2D eigenvalue weighted by molar-refractivity contribution is -0.125. The largest absolute Gasteiger partial charge is 0.504 e. The van der Waals surface area contributed by atoms with Gasteiger partial charge in [-0.05, 0) is 54.8 Å². The average Bonchev–Trinajstić information content (AvgIpc) is 3.06. The highest BCUT2D eigenvalue weighted by molar-refractivity contribution is 5.82. The van der Waals surface area contributed by atoms with E-state index in [9.17, 15) is 19.4 Å². The van der Waals surface area contributed by atoms with Gasteiger partial charge in [0, 0.05) is 13.1 Å². The van der Waals surface area contributed by atoms with E-state index in [1.165, 1.54) is 24.3 Å². The first kappa shape index (κ1) is 17.2. The van der Waals surface area contributed by atoms with Gasteiger partial charge in [-0.2, -0.15) is 0 Å². The Balaban J connectivity index is 1.58. The fourth-order valence-corrected chi connectivity index (χ4v) is 3.12. The van der Waals surface area contributed by atoms with Crippen LogP contribution in [-0.2, 0) is 17.9 Å². The van der Waals surface area contributed by atoms with E-state index in [1.807, 2.05) is 0 Å². The lowest BCUT2D eigenvalue weighted by Crippen LogP contribution is -2.42. The van der Waals surface area contributed by atoms with Crippen molar-refractivity contribution in [1.29, 1.82) is 0 Å². The zero-order valence-corrected chi connectivity index (χ0v) is 13.8. The number of carbonyl (C=O) groups is 1. The highest BCUT2D eigenvalue weighted by atomic mass is 19.1. The Labute approximate surface area is 145 Å². The number of halogens is 1. The van der Waals surface area contributed by atoms with Crippen LogP contribution in [0.4, 0.5) is 4.39 Å². The summed E-state index contributed by atoms with van der Waals surface area (Å²) in [7, 11) is 0. The Hall–Kier alpha value is -2.60. The van der Waals surface area contributed by atoms with Crippen LogP contribution in [0.2, 0.25) is 0 Å². The van der Waals surface area contributed by atoms with Gasteiger partial charge in [-0.3, -0.25) is 9.69 Å². The lowest BCUT2D eigenvalue weighted by atomic mass is 10.1. The predicted octanol–water partition coefficient (Wildman–Crippen LogP) is 2.52. The zero-order valence-electron chi connectivity index (χ0n) is 13.8. The molecule has 3 rings (SSSR count). The molecule has 1 aliphatic heterocycles. The van der Waals surface area contributed by atoms with E-state index in [2.05, 4.69) is 10.2 Å². The number of aromatic hydroxyl groups is 2. The first-order chi connectivity index (χ1) is 12.0. The van der Waals surface area contributed by atoms with Crippen LogP contribution >= 0.6 is 0 Å². The first-order valence-electron chi connectivity index (χ1n) is 8.30. The summed E-state index contributed by atoms with van der Waals surface area (Å²) in [5.41, 5.74) is 1.69. The zero-order chi connectivity index (χ0) is 17.8. The number of amides is 1. The van der Waals surface area contributed by atoms with Crippen molar-refractivity contribution in [1.82, 2.24) is 10.2 Å². The van der Waals surface area contributed by atoms with Gasteiger partial charge in [0.25, 0.3) is 0 Å². The molecule has 0 radical (unpaired) electrons. The van der Waals surface area contributed by atoms with Crippen molar-refractivity contribution in [2.45, 2.75) is 32.0 Å². The predicted molar refractivity (Wildman–Crippen MR) is 91.5 cm³/mol. The van der Waals surface area contributed by atoms with E-state index in [-0.39, 0.29) is 35.8 Å². The number of hydrogen-bond donors (Lipinski definition) is 3. The molecule has 6 heteroatoms. The Bertz CT molecular complexity index is 749. The number of phenols is 2. The summed E-state index contributed by atoms with van der Waals surface area (Å²) in [6.07, 6.45) is 1.73. The molecule has 2 aromatic carbocycles. The summed E-state index contributed by atoms with van der Waals surface area (Å²) in [5, 5.41) is 21.7. The van der Waals surface area contributed by atoms with Gasteiger partial charge in [-0.1, -0.05) is 18.2 Å². The van der Waals surface area contributed by atoms with Gasteiger partial charge in [0.05, 0.1) is 6.04 Å². The van der Waals surface area contributed by atoms with Gasteiger partial charge in [-0.25, -0.2) is 4.39 Å². The number of rotatable bonds is 5. The second-order valence-electron chi connectivity index (χ2n) is 6.30. The van der Waals surface area contributed by atoms with Gasteiger partial charge in [0.1, 0.15) is 5.82 Å². The monoisotopic (exact) mass is 344 g/mol. The van der Waals surface area contributed by atoms with Crippen molar-refractivity contribution in [3.63, 3.8) is 0 Å². The molecular weight excluding hydrogens is 323 g/mol. The molecule has 3 N–H and O–H groups in total. The van der Waals surface area contributed by atoms with Crippen molar-refractivity contribution >= 4 is 5.91 Å². The summed E-state index contributed by atoms with van der Waals surface area (Å²) >= 11 is 0. The summed E-state index contributed by atoms with van der Waals surface area (Å²) < 4.78 is 13.0. The maximum Gasteiger partial charge on any atom is 0.237 e. The maximum absolute atomic E-state index is 13.0. The van der Waals surface area contributed by atoms with Crippen molar-refractivity contribution in [3.05, 3.63) is 59.4 Å². The normalized spacial score (nSPS) is 17.6. The highest BCUT2D eigenvalue weighted by Crippen LogP contribution is 2.25. The van der Waals surface area contributed by atoms with E-state index < -0.39 is 0 Å². The molecule has 1 amide bonds. The molecule has 1 aliphatic rings. The minimum atomic E-state index is -0.267. The van der Waals surface area contributed by atoms with Crippen LogP contribution in [0.3, 0.4) is 0 Å². The van der Waals surface area contributed by atoms with Gasteiger partial charge >= 0.3 is 0 Å². The minimum absolute atomic E-state index is 0.0628. The second-order valence-corrected chi connectivity index (χ2v) is 6.30. The van der Waals surface area contributed by atoms with E-state index in [0.29, 0.717) is 12.1 Å². The third kappa shape index (κ3) is 4.28. The van der Waals surface area contributed by atoms with Crippen LogP contribution < -0.4 is 5.32 Å². The van der Waals surface area contributed by atoms with Gasteiger partial charge < -0.3 is 15.5 Å². The molecule has 25 heavy (non-hydrogen) atoms. The van der Waals surface area contributed by atoms with Crippen LogP contribution in [0.5, 0.6) is 11.5 Å². The SMILES string of the molecule is O=C(NCc1ccc(O)c(O)c1)[C@@H]1CCCN1Cc1ccc(F)cc1. The standard InChI is InChI=1S/C19H21FN2O3/c20-15-6-3-13(4-7-15)12-22-9-1-2-16(22)19(25)21-11-14-5-8-17(23)18(24)10-14/h3-8,10,16,23-24H,1-2,9,11-12H2,(H,21,25)/t16-/m0/s1. The Morgan fingerprint density at radius 3 is 2.56 bits per heavy atom. The van der Waals surface area contributed by atoms with Crippen molar-refractivity contribution < 1.29 is 19.4 Å². The Morgan fingerprint density at radius 2 is 1.84 bits per heavy atom. The number of phenolic OH excluding ortho intramolecular Hbond substituents is 2. The van der Waals surface area contributed by atoms with Crippen molar-refractivity contribution in [2.75, 3.05) is 6.54 Å². The van der Waals surface area contributed by atoms with Gasteiger partial charge in [-0.15, -0.1) is 0 Å². The lowest BCUT2D eigenvalue weighted by Gasteiger charge is -2.23. The minimum Gasteiger partial charge on any atom is -0.504 e. The molecule has 2 aromatic rings. The Morgan fingerprint density at radius 1 is 1.12 bits per heavy atom. The number of nitrogens with zero attached hydrogens (tertiary/aromatic N) is 1. The molecule has 0 saturated carbocycles. The molecular formula is C19H21FN2O3. The fourth-order valence-electron chi connectivity index (χ4n) is 3.12. The summed E-state index contributed by atoms with van der Waals surface area (Å²) in [6, 6.07) is 10.6. The first-order valence-corrected chi connectivity index (χ1v) is 8.30. The molecule has 1 fully saturated rings. The van der Waals surface area contributed by atoms with Crippen molar-refractivity contribution in [3.8, 4) is 11.5 Å². The second kappa shape index (κ2) is 7.53. The van der Waals surface area contributed by atoms with E-state index in [4.69, 9.17) is 0 Å². The molecule has 1 heterocycles. The summed E-state index contributed by atoms with van der Waals surface area (Å²) in [5.74, 6) is -0.717. The molecule has 1 saturated heterocycles. The maximum atomic E-state index is 13.0. The fraction of sp³-hybridized carbons (Fsp3) is 0.316. The summed E-state index contributed by atoms with van der Waals surface area (Å²) in [4.78, 5) is 14.6. The van der Waals surface area contributed by atoms with Crippen LogP contribution in [0.1, 0.15) is 24.0 Å². The summed E-state index contributed by atoms with van der Waals surface area (Å²) in [6.45, 7) is 1.72. The van der Waals surface area contributed by atoms with E-state index in [0.717, 1.165) is 24.9 Å². The molecule has 1 atom stereocenters. The number of likely N-dealkylation sites (tertiary alicyclic amines) is 1. The molecule has 132 valence electrons. The van der Waals surface area contributed by atoms with Crippen LogP contribution in [-0.4, -0.2) is 33.6 Å². The molecule has 0 spiro atoms. The van der Waals surface area contributed by atoms with E-state index in [1.54, 1.807) is 18.2 Å². The van der Waals surface area contributed by atoms with Crippen molar-refractivity contribution in [2.24, 2.45) is 0 Å². The highest BCUT2D eigenvalue weighted by Gasteiger charge is 2.30. The number of carbonyl (C=O) groups excluding carboxylic acids is 1. The number of nitrogens with one attached hydrogen (secondary N) is 1. The number of hydrogen-bond acceptors (Lipinski definition) is 4. The third-order valence-electron chi connectivity index (χ3n) is 4.47. The molecule has 0 bridgehead atoms. The van der Waals surface area contributed by atoms with Crippen LogP contribution in [0, 0.1) is 5.82 Å². The third-order valence-corrected chi connectivity index (χ3v) is 4.47.